The van der Waals surface area contributed by atoms with E-state index in [4.69, 9.17) is 0 Å². The number of hydrogen-bond donors (Lipinski definition) is 1. The Hall–Kier alpha value is -3.29. The van der Waals surface area contributed by atoms with Crippen molar-refractivity contribution in [2.24, 2.45) is 0 Å². The van der Waals surface area contributed by atoms with Crippen LogP contribution in [0.5, 0.6) is 0 Å². The first-order valence-corrected chi connectivity index (χ1v) is 9.43. The van der Waals surface area contributed by atoms with Gasteiger partial charge in [-0.1, -0.05) is 42.5 Å². The molecule has 8 nitrogen and oxygen atoms in total. The van der Waals surface area contributed by atoms with Gasteiger partial charge in [0, 0.05) is 32.5 Å². The highest BCUT2D eigenvalue weighted by Gasteiger charge is 2.30. The van der Waals surface area contributed by atoms with Gasteiger partial charge < -0.3 is 10.2 Å². The van der Waals surface area contributed by atoms with E-state index >= 15 is 0 Å². The summed E-state index contributed by atoms with van der Waals surface area (Å²) in [5.74, 6) is 0.0322. The molecule has 28 heavy (non-hydrogen) atoms. The maximum absolute atomic E-state index is 12.4. The number of tetrazole rings is 1. The zero-order valence-electron chi connectivity index (χ0n) is 15.5. The molecule has 1 aromatic heterocycles. The minimum Gasteiger partial charge on any atom is -0.351 e. The van der Waals surface area contributed by atoms with E-state index in [1.165, 1.54) is 11.7 Å². The fraction of sp³-hybridized carbons (Fsp3) is 0.350. The topological polar surface area (TPSA) is 93.0 Å². The van der Waals surface area contributed by atoms with E-state index in [9.17, 15) is 9.59 Å². The minimum atomic E-state index is -0.136. The van der Waals surface area contributed by atoms with Crippen molar-refractivity contribution in [2.45, 2.75) is 38.4 Å². The van der Waals surface area contributed by atoms with E-state index in [2.05, 4.69) is 45.1 Å². The molecule has 1 atom stereocenters. The third-order valence-electron chi connectivity index (χ3n) is 5.00. The minimum absolute atomic E-state index is 0.0436. The van der Waals surface area contributed by atoms with Crippen molar-refractivity contribution in [1.82, 2.24) is 30.4 Å². The van der Waals surface area contributed by atoms with Crippen molar-refractivity contribution in [2.75, 3.05) is 6.54 Å². The molecule has 4 rings (SSSR count). The molecule has 3 aromatic rings. The molecule has 1 aliphatic heterocycles. The Morgan fingerprint density at radius 3 is 2.89 bits per heavy atom. The van der Waals surface area contributed by atoms with Gasteiger partial charge in [-0.3, -0.25) is 9.59 Å². The van der Waals surface area contributed by atoms with Crippen molar-refractivity contribution >= 4 is 22.6 Å². The Kier molecular flexibility index (Phi) is 5.27. The molecule has 1 aliphatic rings. The van der Waals surface area contributed by atoms with Crippen LogP contribution in [0.3, 0.4) is 0 Å². The zero-order chi connectivity index (χ0) is 19.3. The van der Waals surface area contributed by atoms with Crippen LogP contribution in [0.25, 0.3) is 10.8 Å². The van der Waals surface area contributed by atoms with E-state index < -0.39 is 0 Å². The summed E-state index contributed by atoms with van der Waals surface area (Å²) in [6.07, 6.45) is 2.91. The van der Waals surface area contributed by atoms with Crippen molar-refractivity contribution in [3.63, 3.8) is 0 Å². The van der Waals surface area contributed by atoms with Crippen LogP contribution < -0.4 is 5.32 Å². The Bertz CT molecular complexity index is 967. The molecule has 0 bridgehead atoms. The first-order valence-electron chi connectivity index (χ1n) is 9.43. The summed E-state index contributed by atoms with van der Waals surface area (Å²) in [5, 5.41) is 16.2. The lowest BCUT2D eigenvalue weighted by Gasteiger charge is -2.18. The predicted molar refractivity (Wildman–Crippen MR) is 103 cm³/mol. The average molecular weight is 378 g/mol. The molecule has 0 saturated carbocycles. The van der Waals surface area contributed by atoms with E-state index in [0.717, 1.165) is 10.9 Å². The zero-order valence-corrected chi connectivity index (χ0v) is 15.5. The highest BCUT2D eigenvalue weighted by atomic mass is 16.2. The van der Waals surface area contributed by atoms with Crippen LogP contribution in [-0.2, 0) is 22.7 Å². The summed E-state index contributed by atoms with van der Waals surface area (Å²) in [6, 6.07) is 14.2. The van der Waals surface area contributed by atoms with Crippen molar-refractivity contribution in [3.05, 3.63) is 54.4 Å². The van der Waals surface area contributed by atoms with Crippen LogP contribution >= 0.6 is 0 Å². The number of fused-ring (bicyclic) bond motifs is 1. The molecule has 0 spiro atoms. The second kappa shape index (κ2) is 8.16. The van der Waals surface area contributed by atoms with Gasteiger partial charge in [0.15, 0.2) is 0 Å². The molecule has 1 saturated heterocycles. The lowest BCUT2D eigenvalue weighted by molar-refractivity contribution is -0.128. The number of amides is 2. The quantitative estimate of drug-likeness (QED) is 0.673. The van der Waals surface area contributed by atoms with Crippen molar-refractivity contribution in [3.8, 4) is 0 Å². The van der Waals surface area contributed by atoms with E-state index in [0.29, 0.717) is 38.9 Å². The highest BCUT2D eigenvalue weighted by Crippen LogP contribution is 2.22. The molecule has 0 radical (unpaired) electrons. The van der Waals surface area contributed by atoms with Crippen molar-refractivity contribution in [1.29, 1.82) is 0 Å². The largest absolute Gasteiger partial charge is 0.351 e. The van der Waals surface area contributed by atoms with Crippen LogP contribution in [0.4, 0.5) is 0 Å². The van der Waals surface area contributed by atoms with Gasteiger partial charge >= 0.3 is 0 Å². The monoisotopic (exact) mass is 378 g/mol. The van der Waals surface area contributed by atoms with Crippen LogP contribution in [0.2, 0.25) is 0 Å². The molecule has 0 aliphatic carbocycles. The first kappa shape index (κ1) is 18.1. The maximum Gasteiger partial charge on any atom is 0.225 e. The molecule has 2 heterocycles. The third kappa shape index (κ3) is 4.16. The molecule has 2 amide bonds. The number of nitrogens with one attached hydrogen (secondary N) is 1. The van der Waals surface area contributed by atoms with Gasteiger partial charge in [-0.25, -0.2) is 4.68 Å². The highest BCUT2D eigenvalue weighted by molar-refractivity contribution is 5.87. The average Bonchev–Trinajstić information content (AvgIpc) is 3.32. The first-order chi connectivity index (χ1) is 13.7. The van der Waals surface area contributed by atoms with Crippen LogP contribution in [0.1, 0.15) is 24.8 Å². The van der Waals surface area contributed by atoms with Gasteiger partial charge in [0.2, 0.25) is 11.8 Å². The van der Waals surface area contributed by atoms with Crippen LogP contribution in [0, 0.1) is 0 Å². The number of carbonyl (C=O) groups excluding carboxylic acids is 2. The molecule has 2 aromatic carbocycles. The number of aromatic nitrogens is 4. The number of likely N-dealkylation sites (tertiary alicyclic amines) is 1. The normalized spacial score (nSPS) is 16.6. The van der Waals surface area contributed by atoms with E-state index in [1.807, 2.05) is 23.1 Å². The van der Waals surface area contributed by atoms with Crippen molar-refractivity contribution < 1.29 is 9.59 Å². The molecule has 0 unspecified atom stereocenters. The summed E-state index contributed by atoms with van der Waals surface area (Å²) in [5.41, 5.74) is 1.12. The maximum atomic E-state index is 12.4. The lowest BCUT2D eigenvalue weighted by atomic mass is 10.0. The summed E-state index contributed by atoms with van der Waals surface area (Å²) in [6.45, 7) is 1.70. The summed E-state index contributed by atoms with van der Waals surface area (Å²) in [7, 11) is 0. The van der Waals surface area contributed by atoms with Crippen LogP contribution in [-0.4, -0.2) is 49.5 Å². The van der Waals surface area contributed by atoms with Gasteiger partial charge in [-0.15, -0.1) is 5.10 Å². The molecule has 1 fully saturated rings. The van der Waals surface area contributed by atoms with Gasteiger partial charge in [0.05, 0.1) is 6.04 Å². The predicted octanol–water partition coefficient (Wildman–Crippen LogP) is 1.52. The SMILES string of the molecule is O=C(CCCn1cnnn1)N[C@H]1CC(=O)N(Cc2cccc3ccccc23)C1. The van der Waals surface area contributed by atoms with Gasteiger partial charge in [0.1, 0.15) is 6.33 Å². The molecule has 1 N–H and O–H groups in total. The smallest absolute Gasteiger partial charge is 0.225 e. The van der Waals surface area contributed by atoms with Gasteiger partial charge in [-0.05, 0) is 33.2 Å². The number of benzene rings is 2. The van der Waals surface area contributed by atoms with E-state index in [1.54, 1.807) is 4.68 Å². The Morgan fingerprint density at radius 1 is 1.18 bits per heavy atom. The van der Waals surface area contributed by atoms with Crippen LogP contribution in [0.15, 0.2) is 48.8 Å². The lowest BCUT2D eigenvalue weighted by Crippen LogP contribution is -2.37. The molecular weight excluding hydrogens is 356 g/mol. The molecule has 144 valence electrons. The standard InChI is InChI=1S/C20H22N6O2/c27-19(9-4-10-26-14-21-23-24-26)22-17-11-20(28)25(13-17)12-16-7-3-6-15-5-1-2-8-18(15)16/h1-3,5-8,14,17H,4,9-13H2,(H,22,27)/t17-/m0/s1. The Balaban J connectivity index is 1.30. The van der Waals surface area contributed by atoms with Gasteiger partial charge in [-0.2, -0.15) is 0 Å². The number of hydrogen-bond acceptors (Lipinski definition) is 5. The molecule has 8 heteroatoms. The second-order valence-corrected chi connectivity index (χ2v) is 7.06. The summed E-state index contributed by atoms with van der Waals surface area (Å²) in [4.78, 5) is 26.4. The Labute approximate surface area is 162 Å². The fourth-order valence-corrected chi connectivity index (χ4v) is 3.64. The Morgan fingerprint density at radius 2 is 2.04 bits per heavy atom. The fourth-order valence-electron chi connectivity index (χ4n) is 3.64. The number of nitrogens with zero attached hydrogens (tertiary/aromatic N) is 5. The van der Waals surface area contributed by atoms with Gasteiger partial charge in [0.25, 0.3) is 0 Å². The molecular formula is C20H22N6O2. The summed E-state index contributed by atoms with van der Waals surface area (Å²) >= 11 is 0. The third-order valence-corrected chi connectivity index (χ3v) is 5.00. The number of rotatable bonds is 7. The number of aryl methyl sites for hydroxylation is 1. The number of carbonyl (C=O) groups is 2. The second-order valence-electron chi connectivity index (χ2n) is 7.06. The van der Waals surface area contributed by atoms with E-state index in [-0.39, 0.29) is 17.9 Å². The summed E-state index contributed by atoms with van der Waals surface area (Å²) < 4.78 is 1.60.